The van der Waals surface area contributed by atoms with Crippen LogP contribution in [0.1, 0.15) is 55.3 Å². The Morgan fingerprint density at radius 1 is 1.19 bits per heavy atom. The maximum atomic E-state index is 12.3. The number of halogens is 1. The van der Waals surface area contributed by atoms with Crippen LogP contribution in [0.25, 0.3) is 0 Å². The number of rotatable bonds is 10. The molecule has 0 unspecified atom stereocenters. The van der Waals surface area contributed by atoms with Crippen LogP contribution in [0.4, 0.5) is 0 Å². The van der Waals surface area contributed by atoms with E-state index in [1.54, 1.807) is 30.3 Å². The van der Waals surface area contributed by atoms with Gasteiger partial charge in [-0.25, -0.2) is 0 Å². The Hall–Kier alpha value is -1.98. The van der Waals surface area contributed by atoms with Crippen LogP contribution in [0.15, 0.2) is 36.4 Å². The van der Waals surface area contributed by atoms with Crippen molar-refractivity contribution in [3.63, 3.8) is 0 Å². The number of hydrogen-bond acceptors (Lipinski definition) is 4. The Balaban J connectivity index is 1.89. The highest BCUT2D eigenvalue weighted by Gasteiger charge is 2.39. The molecule has 27 heavy (non-hydrogen) atoms. The molecule has 0 heterocycles. The summed E-state index contributed by atoms with van der Waals surface area (Å²) in [5, 5.41) is 19.3. The van der Waals surface area contributed by atoms with Crippen molar-refractivity contribution in [3.8, 4) is 0 Å². The number of benzene rings is 1. The molecular weight excluding hydrogens is 368 g/mol. The van der Waals surface area contributed by atoms with Gasteiger partial charge in [0.2, 0.25) is 0 Å². The Morgan fingerprint density at radius 2 is 1.93 bits per heavy atom. The summed E-state index contributed by atoms with van der Waals surface area (Å²) in [6.45, 7) is 0. The van der Waals surface area contributed by atoms with Crippen molar-refractivity contribution < 1.29 is 24.6 Å². The van der Waals surface area contributed by atoms with Crippen LogP contribution in [0.2, 0.25) is 5.02 Å². The van der Waals surface area contributed by atoms with E-state index in [9.17, 15) is 19.5 Å². The SMILES string of the molecule is O=C(O)CCCCCC[C@@H]1C(=O)C[C@@H](O)[C@H]1C=CC(=O)c1cccc(Cl)c1. The van der Waals surface area contributed by atoms with Gasteiger partial charge in [-0.1, -0.05) is 49.1 Å². The van der Waals surface area contributed by atoms with E-state index in [0.717, 1.165) is 19.3 Å². The smallest absolute Gasteiger partial charge is 0.303 e. The second-order valence-electron chi connectivity index (χ2n) is 7.00. The minimum atomic E-state index is -0.793. The zero-order valence-corrected chi connectivity index (χ0v) is 15.9. The molecule has 0 saturated heterocycles. The van der Waals surface area contributed by atoms with Crippen molar-refractivity contribution in [2.75, 3.05) is 0 Å². The molecule has 1 aliphatic carbocycles. The number of ketones is 2. The molecule has 3 atom stereocenters. The first-order valence-corrected chi connectivity index (χ1v) is 9.67. The summed E-state index contributed by atoms with van der Waals surface area (Å²) in [7, 11) is 0. The van der Waals surface area contributed by atoms with E-state index in [1.807, 2.05) is 0 Å². The molecule has 1 fully saturated rings. The lowest BCUT2D eigenvalue weighted by Crippen LogP contribution is -2.19. The summed E-state index contributed by atoms with van der Waals surface area (Å²) in [6.07, 6.45) is 6.31. The molecular formula is C21H25ClO5. The Kier molecular flexibility index (Phi) is 8.20. The quantitative estimate of drug-likeness (QED) is 0.355. The van der Waals surface area contributed by atoms with Crippen molar-refractivity contribution in [1.29, 1.82) is 0 Å². The molecule has 0 radical (unpaired) electrons. The molecule has 1 aliphatic rings. The average molecular weight is 393 g/mol. The second-order valence-corrected chi connectivity index (χ2v) is 7.44. The van der Waals surface area contributed by atoms with E-state index < -0.39 is 12.1 Å². The highest BCUT2D eigenvalue weighted by atomic mass is 35.5. The third-order valence-electron chi connectivity index (χ3n) is 4.97. The normalized spacial score (nSPS) is 22.4. The fourth-order valence-corrected chi connectivity index (χ4v) is 3.71. The number of aliphatic hydroxyl groups excluding tert-OH is 1. The molecule has 0 aromatic heterocycles. The predicted octanol–water partition coefficient (Wildman–Crippen LogP) is 4.07. The first kappa shape index (κ1) is 21.3. The number of carbonyl (C=O) groups excluding carboxylic acids is 2. The highest BCUT2D eigenvalue weighted by molar-refractivity contribution is 6.31. The predicted molar refractivity (Wildman–Crippen MR) is 103 cm³/mol. The van der Waals surface area contributed by atoms with Crippen molar-refractivity contribution >= 4 is 29.1 Å². The van der Waals surface area contributed by atoms with E-state index in [-0.39, 0.29) is 36.2 Å². The second kappa shape index (κ2) is 10.4. The number of aliphatic carboxylic acids is 1. The van der Waals surface area contributed by atoms with Crippen LogP contribution in [0, 0.1) is 11.8 Å². The Bertz CT molecular complexity index is 712. The van der Waals surface area contributed by atoms with Crippen LogP contribution >= 0.6 is 11.6 Å². The van der Waals surface area contributed by atoms with Gasteiger partial charge in [-0.05, 0) is 31.1 Å². The third kappa shape index (κ3) is 6.60. The number of unbranched alkanes of at least 4 members (excludes halogenated alkanes) is 3. The maximum Gasteiger partial charge on any atom is 0.303 e. The lowest BCUT2D eigenvalue weighted by molar-refractivity contribution is -0.137. The Morgan fingerprint density at radius 3 is 2.63 bits per heavy atom. The van der Waals surface area contributed by atoms with E-state index >= 15 is 0 Å². The van der Waals surface area contributed by atoms with Gasteiger partial charge in [0.15, 0.2) is 5.78 Å². The molecule has 0 amide bonds. The molecule has 1 saturated carbocycles. The molecule has 5 nitrogen and oxygen atoms in total. The number of carboxylic acids is 1. The maximum absolute atomic E-state index is 12.3. The highest BCUT2D eigenvalue weighted by Crippen LogP contribution is 2.34. The van der Waals surface area contributed by atoms with Crippen LogP contribution in [0.3, 0.4) is 0 Å². The van der Waals surface area contributed by atoms with Crippen LogP contribution in [-0.4, -0.2) is 33.9 Å². The molecule has 0 aliphatic heterocycles. The van der Waals surface area contributed by atoms with Crippen LogP contribution in [0.5, 0.6) is 0 Å². The minimum absolute atomic E-state index is 0.0258. The summed E-state index contributed by atoms with van der Waals surface area (Å²) in [4.78, 5) is 35.0. The average Bonchev–Trinajstić information content (AvgIpc) is 2.88. The first-order chi connectivity index (χ1) is 12.9. The van der Waals surface area contributed by atoms with Crippen molar-refractivity contribution in [2.45, 2.75) is 51.0 Å². The summed E-state index contributed by atoms with van der Waals surface area (Å²) in [5.41, 5.74) is 0.465. The van der Waals surface area contributed by atoms with Crippen molar-refractivity contribution in [1.82, 2.24) is 0 Å². The molecule has 146 valence electrons. The largest absolute Gasteiger partial charge is 0.481 e. The lowest BCUT2D eigenvalue weighted by Gasteiger charge is -2.17. The summed E-state index contributed by atoms with van der Waals surface area (Å²) < 4.78 is 0. The molecule has 2 N–H and O–H groups in total. The summed E-state index contributed by atoms with van der Waals surface area (Å²) in [6, 6.07) is 6.64. The molecule has 0 spiro atoms. The van der Waals surface area contributed by atoms with Gasteiger partial charge < -0.3 is 10.2 Å². The van der Waals surface area contributed by atoms with Crippen LogP contribution < -0.4 is 0 Å². The van der Waals surface area contributed by atoms with Crippen LogP contribution in [-0.2, 0) is 9.59 Å². The first-order valence-electron chi connectivity index (χ1n) is 9.29. The molecule has 2 rings (SSSR count). The van der Waals surface area contributed by atoms with Gasteiger partial charge in [0.1, 0.15) is 5.78 Å². The zero-order chi connectivity index (χ0) is 19.8. The number of hydrogen-bond donors (Lipinski definition) is 2. The van der Waals surface area contributed by atoms with Crippen molar-refractivity contribution in [3.05, 3.63) is 47.0 Å². The topological polar surface area (TPSA) is 91.7 Å². The Labute approximate surface area is 164 Å². The fraction of sp³-hybridized carbons (Fsp3) is 0.476. The zero-order valence-electron chi connectivity index (χ0n) is 15.1. The molecule has 1 aromatic carbocycles. The third-order valence-corrected chi connectivity index (χ3v) is 5.20. The van der Waals surface area contributed by atoms with Gasteiger partial charge in [-0.15, -0.1) is 0 Å². The standard InChI is InChI=1S/C21H25ClO5/c22-15-7-5-6-14(12-15)18(23)11-10-17-16(19(24)13-20(17)25)8-3-1-2-4-9-21(26)27/h5-7,10-12,16-17,20,25H,1-4,8-9,13H2,(H,26,27)/t16-,17-,20+/m0/s1. The van der Waals surface area contributed by atoms with E-state index in [4.69, 9.17) is 16.7 Å². The van der Waals surface area contributed by atoms with E-state index in [0.29, 0.717) is 23.4 Å². The number of carboxylic acid groups (broad SMARTS) is 1. The van der Waals surface area contributed by atoms with Gasteiger partial charge in [-0.2, -0.15) is 0 Å². The van der Waals surface area contributed by atoms with E-state index in [1.165, 1.54) is 6.08 Å². The number of allylic oxidation sites excluding steroid dienone is 1. The monoisotopic (exact) mass is 392 g/mol. The van der Waals surface area contributed by atoms with Gasteiger partial charge in [0, 0.05) is 35.3 Å². The molecule has 1 aromatic rings. The number of carbonyl (C=O) groups is 3. The van der Waals surface area contributed by atoms with Gasteiger partial charge in [0.05, 0.1) is 6.10 Å². The minimum Gasteiger partial charge on any atom is -0.481 e. The van der Waals surface area contributed by atoms with Gasteiger partial charge in [-0.3, -0.25) is 14.4 Å². The molecule has 0 bridgehead atoms. The van der Waals surface area contributed by atoms with E-state index in [2.05, 4.69) is 0 Å². The molecule has 6 heteroatoms. The summed E-state index contributed by atoms with van der Waals surface area (Å²) >= 11 is 5.90. The lowest BCUT2D eigenvalue weighted by atomic mass is 9.88. The fourth-order valence-electron chi connectivity index (χ4n) is 3.52. The summed E-state index contributed by atoms with van der Waals surface area (Å²) in [5.74, 6) is -1.63. The number of aliphatic hydroxyl groups is 1. The van der Waals surface area contributed by atoms with Crippen molar-refractivity contribution in [2.24, 2.45) is 11.8 Å². The van der Waals surface area contributed by atoms with Gasteiger partial charge >= 0.3 is 5.97 Å². The van der Waals surface area contributed by atoms with Gasteiger partial charge in [0.25, 0.3) is 0 Å². The number of Topliss-reactive ketones (excluding diaryl/α,β-unsaturated/α-hetero) is 1.